The fourth-order valence-corrected chi connectivity index (χ4v) is 1.75. The van der Waals surface area contributed by atoms with Gasteiger partial charge in [0.05, 0.1) is 6.54 Å². The van der Waals surface area contributed by atoms with Crippen molar-refractivity contribution in [3.8, 4) is 5.75 Å². The Labute approximate surface area is 119 Å². The van der Waals surface area contributed by atoms with Crippen molar-refractivity contribution in [2.24, 2.45) is 0 Å². The third-order valence-electron chi connectivity index (χ3n) is 2.68. The minimum absolute atomic E-state index is 0.0517. The highest BCUT2D eigenvalue weighted by Gasteiger charge is 2.08. The molecule has 106 valence electrons. The molecule has 0 heterocycles. The molecule has 4 nitrogen and oxygen atoms in total. The number of likely N-dealkylation sites (N-methyl/N-ethyl adjacent to an activating group) is 2. The van der Waals surface area contributed by atoms with Crippen LogP contribution in [0.1, 0.15) is 13.8 Å². The van der Waals surface area contributed by atoms with E-state index in [1.165, 1.54) is 0 Å². The molecule has 19 heavy (non-hydrogen) atoms. The lowest BCUT2D eigenvalue weighted by Gasteiger charge is -2.19. The highest BCUT2D eigenvalue weighted by atomic mass is 35.5. The minimum atomic E-state index is 0.0517. The van der Waals surface area contributed by atoms with Crippen molar-refractivity contribution in [3.63, 3.8) is 0 Å². The van der Waals surface area contributed by atoms with Gasteiger partial charge in [0.2, 0.25) is 5.91 Å². The van der Waals surface area contributed by atoms with Crippen molar-refractivity contribution in [1.82, 2.24) is 10.2 Å². The molecule has 0 aliphatic rings. The Bertz CT molecular complexity index is 382. The summed E-state index contributed by atoms with van der Waals surface area (Å²) in [6.45, 7) is 7.11. The van der Waals surface area contributed by atoms with Gasteiger partial charge in [-0.2, -0.15) is 0 Å². The largest absolute Gasteiger partial charge is 0.492 e. The number of hydrogen-bond donors (Lipinski definition) is 1. The first kappa shape index (κ1) is 15.8. The summed E-state index contributed by atoms with van der Waals surface area (Å²) in [6, 6.07) is 7.26. The highest BCUT2D eigenvalue weighted by Crippen LogP contribution is 2.15. The summed E-state index contributed by atoms with van der Waals surface area (Å²) >= 11 is 5.80. The van der Waals surface area contributed by atoms with Crippen molar-refractivity contribution < 1.29 is 9.53 Å². The molecule has 1 aromatic carbocycles. The van der Waals surface area contributed by atoms with Crippen LogP contribution in [-0.4, -0.2) is 43.6 Å². The molecule has 0 bridgehead atoms. The Morgan fingerprint density at radius 2 is 2.00 bits per heavy atom. The van der Waals surface area contributed by atoms with Crippen molar-refractivity contribution in [1.29, 1.82) is 0 Å². The quantitative estimate of drug-likeness (QED) is 0.795. The number of carbonyl (C=O) groups excluding carboxylic acids is 1. The van der Waals surface area contributed by atoms with Crippen molar-refractivity contribution >= 4 is 17.5 Å². The molecule has 0 atom stereocenters. The Hall–Kier alpha value is -1.26. The number of hydrogen-bond acceptors (Lipinski definition) is 3. The maximum atomic E-state index is 11.5. The molecule has 1 aromatic rings. The van der Waals surface area contributed by atoms with Crippen LogP contribution in [0.25, 0.3) is 0 Å². The SMILES string of the molecule is CCNC(=O)CN(CC)CCOc1ccc(Cl)cc1. The molecule has 0 saturated heterocycles. The maximum absolute atomic E-state index is 11.5. The molecule has 0 fully saturated rings. The first-order valence-electron chi connectivity index (χ1n) is 6.53. The van der Waals surface area contributed by atoms with Gasteiger partial charge in [-0.05, 0) is 37.7 Å². The zero-order valence-corrected chi connectivity index (χ0v) is 12.2. The standard InChI is InChI=1S/C14H21ClN2O2/c1-3-16-14(18)11-17(4-2)9-10-19-13-7-5-12(15)6-8-13/h5-8H,3-4,9-11H2,1-2H3,(H,16,18). The first-order valence-corrected chi connectivity index (χ1v) is 6.91. The van der Waals surface area contributed by atoms with Gasteiger partial charge in [0, 0.05) is 18.1 Å². The fraction of sp³-hybridized carbons (Fsp3) is 0.500. The van der Waals surface area contributed by atoms with Crippen molar-refractivity contribution in [2.75, 3.05) is 32.8 Å². The number of rotatable bonds is 8. The number of nitrogens with zero attached hydrogens (tertiary/aromatic N) is 1. The van der Waals surface area contributed by atoms with Gasteiger partial charge in [0.15, 0.2) is 0 Å². The molecule has 0 aliphatic heterocycles. The monoisotopic (exact) mass is 284 g/mol. The topological polar surface area (TPSA) is 41.6 Å². The molecular formula is C14H21ClN2O2. The van der Waals surface area contributed by atoms with Crippen LogP contribution in [0.5, 0.6) is 5.75 Å². The van der Waals surface area contributed by atoms with Crippen molar-refractivity contribution in [3.05, 3.63) is 29.3 Å². The van der Waals surface area contributed by atoms with Crippen LogP contribution in [0.15, 0.2) is 24.3 Å². The summed E-state index contributed by atoms with van der Waals surface area (Å²) in [5.74, 6) is 0.842. The van der Waals surface area contributed by atoms with E-state index < -0.39 is 0 Å². The van der Waals surface area contributed by atoms with Crippen LogP contribution in [-0.2, 0) is 4.79 Å². The third-order valence-corrected chi connectivity index (χ3v) is 2.93. The summed E-state index contributed by atoms with van der Waals surface area (Å²) in [5, 5.41) is 3.48. The normalized spacial score (nSPS) is 10.5. The Balaban J connectivity index is 2.29. The van der Waals surface area contributed by atoms with Gasteiger partial charge in [0.25, 0.3) is 0 Å². The summed E-state index contributed by atoms with van der Waals surface area (Å²) < 4.78 is 5.60. The third kappa shape index (κ3) is 6.45. The second-order valence-electron chi connectivity index (χ2n) is 4.12. The van der Waals surface area contributed by atoms with E-state index >= 15 is 0 Å². The van der Waals surface area contributed by atoms with E-state index in [9.17, 15) is 4.79 Å². The van der Waals surface area contributed by atoms with Crippen LogP contribution in [0, 0.1) is 0 Å². The molecular weight excluding hydrogens is 264 g/mol. The molecule has 0 unspecified atom stereocenters. The summed E-state index contributed by atoms with van der Waals surface area (Å²) in [5.41, 5.74) is 0. The van der Waals surface area contributed by atoms with E-state index in [-0.39, 0.29) is 5.91 Å². The lowest BCUT2D eigenvalue weighted by molar-refractivity contribution is -0.122. The van der Waals surface area contributed by atoms with Gasteiger partial charge in [-0.15, -0.1) is 0 Å². The van der Waals surface area contributed by atoms with E-state index in [2.05, 4.69) is 5.32 Å². The molecule has 1 rings (SSSR count). The molecule has 5 heteroatoms. The van der Waals surface area contributed by atoms with E-state index in [4.69, 9.17) is 16.3 Å². The van der Waals surface area contributed by atoms with Gasteiger partial charge < -0.3 is 10.1 Å². The first-order chi connectivity index (χ1) is 9.15. The van der Waals surface area contributed by atoms with Gasteiger partial charge in [0.1, 0.15) is 12.4 Å². The average Bonchev–Trinajstić information content (AvgIpc) is 2.40. The van der Waals surface area contributed by atoms with E-state index in [0.29, 0.717) is 24.7 Å². The molecule has 1 amide bonds. The smallest absolute Gasteiger partial charge is 0.234 e. The summed E-state index contributed by atoms with van der Waals surface area (Å²) in [4.78, 5) is 13.5. The average molecular weight is 285 g/mol. The predicted molar refractivity (Wildman–Crippen MR) is 77.7 cm³/mol. The lowest BCUT2D eigenvalue weighted by Crippen LogP contribution is -2.38. The van der Waals surface area contributed by atoms with Crippen molar-refractivity contribution in [2.45, 2.75) is 13.8 Å². The molecule has 0 saturated carbocycles. The van der Waals surface area contributed by atoms with Gasteiger partial charge in [-0.25, -0.2) is 0 Å². The molecule has 0 spiro atoms. The zero-order valence-electron chi connectivity index (χ0n) is 11.5. The maximum Gasteiger partial charge on any atom is 0.234 e. The zero-order chi connectivity index (χ0) is 14.1. The van der Waals surface area contributed by atoms with Crippen LogP contribution >= 0.6 is 11.6 Å². The summed E-state index contributed by atoms with van der Waals surface area (Å²) in [6.07, 6.45) is 0. The molecule has 0 radical (unpaired) electrons. The van der Waals surface area contributed by atoms with Crippen LogP contribution in [0.2, 0.25) is 5.02 Å². The second-order valence-corrected chi connectivity index (χ2v) is 4.56. The van der Waals surface area contributed by atoms with Crippen LogP contribution < -0.4 is 10.1 Å². The number of nitrogens with one attached hydrogen (secondary N) is 1. The number of benzene rings is 1. The van der Waals surface area contributed by atoms with Gasteiger partial charge >= 0.3 is 0 Å². The Morgan fingerprint density at radius 3 is 2.58 bits per heavy atom. The number of carbonyl (C=O) groups is 1. The summed E-state index contributed by atoms with van der Waals surface area (Å²) in [7, 11) is 0. The molecule has 0 aromatic heterocycles. The van der Waals surface area contributed by atoms with E-state index in [1.807, 2.05) is 30.9 Å². The number of amides is 1. The van der Waals surface area contributed by atoms with Gasteiger partial charge in [-0.3, -0.25) is 9.69 Å². The van der Waals surface area contributed by atoms with E-state index in [1.54, 1.807) is 12.1 Å². The van der Waals surface area contributed by atoms with Gasteiger partial charge in [-0.1, -0.05) is 18.5 Å². The number of ether oxygens (including phenoxy) is 1. The highest BCUT2D eigenvalue weighted by molar-refractivity contribution is 6.30. The molecule has 0 aliphatic carbocycles. The number of halogens is 1. The fourth-order valence-electron chi connectivity index (χ4n) is 1.63. The second kappa shape index (κ2) is 8.77. The molecule has 1 N–H and O–H groups in total. The van der Waals surface area contributed by atoms with Crippen LogP contribution in [0.3, 0.4) is 0 Å². The van der Waals surface area contributed by atoms with Crippen LogP contribution in [0.4, 0.5) is 0 Å². The predicted octanol–water partition coefficient (Wildman–Crippen LogP) is 2.18. The van der Waals surface area contributed by atoms with E-state index in [0.717, 1.165) is 18.8 Å². The Morgan fingerprint density at radius 1 is 1.32 bits per heavy atom. The minimum Gasteiger partial charge on any atom is -0.492 e. The Kier molecular flexibility index (Phi) is 7.30. The lowest BCUT2D eigenvalue weighted by atomic mass is 10.3.